The Morgan fingerprint density at radius 2 is 2.04 bits per heavy atom. The molecule has 7 heteroatoms. The van der Waals surface area contributed by atoms with Crippen molar-refractivity contribution in [3.63, 3.8) is 0 Å². The smallest absolute Gasteiger partial charge is 0.377 e. The third-order valence-electron chi connectivity index (χ3n) is 4.69. The highest BCUT2D eigenvalue weighted by Crippen LogP contribution is 2.51. The van der Waals surface area contributed by atoms with Gasteiger partial charge in [0.25, 0.3) is 0 Å². The van der Waals surface area contributed by atoms with Crippen molar-refractivity contribution in [2.75, 3.05) is 11.9 Å². The molecule has 3 atom stereocenters. The first-order chi connectivity index (χ1) is 11.4. The molecule has 4 rings (SSSR count). The van der Waals surface area contributed by atoms with Gasteiger partial charge in [-0.1, -0.05) is 11.6 Å². The van der Waals surface area contributed by atoms with Crippen LogP contribution in [-0.4, -0.2) is 6.61 Å². The van der Waals surface area contributed by atoms with Crippen molar-refractivity contribution in [2.24, 2.45) is 5.92 Å². The van der Waals surface area contributed by atoms with Crippen LogP contribution in [0.5, 0.6) is 0 Å². The second-order valence-corrected chi connectivity index (χ2v) is 7.91. The van der Waals surface area contributed by atoms with Gasteiger partial charge < -0.3 is 10.1 Å². The van der Waals surface area contributed by atoms with Crippen LogP contribution in [0, 0.1) is 5.92 Å². The quantitative estimate of drug-likeness (QED) is 0.656. The minimum atomic E-state index is -4.35. The van der Waals surface area contributed by atoms with Gasteiger partial charge in [0.1, 0.15) is 0 Å². The van der Waals surface area contributed by atoms with E-state index in [2.05, 4.69) is 5.32 Å². The topological polar surface area (TPSA) is 21.3 Å². The van der Waals surface area contributed by atoms with Gasteiger partial charge in [-0.3, -0.25) is 0 Å². The Morgan fingerprint density at radius 1 is 1.21 bits per heavy atom. The highest BCUT2D eigenvalue weighted by atomic mass is 35.5. The average Bonchev–Trinajstić information content (AvgIpc) is 2.99. The van der Waals surface area contributed by atoms with Gasteiger partial charge in [0.2, 0.25) is 0 Å². The maximum Gasteiger partial charge on any atom is 0.416 e. The van der Waals surface area contributed by atoms with E-state index in [1.165, 1.54) is 23.5 Å². The zero-order valence-electron chi connectivity index (χ0n) is 12.6. The summed E-state index contributed by atoms with van der Waals surface area (Å²) in [5.41, 5.74) is 0.683. The molecule has 0 bridgehead atoms. The van der Waals surface area contributed by atoms with Gasteiger partial charge in [-0.15, -0.1) is 11.3 Å². The highest BCUT2D eigenvalue weighted by Gasteiger charge is 2.42. The summed E-state index contributed by atoms with van der Waals surface area (Å²) in [6.45, 7) is 0.578. The molecule has 1 aromatic heterocycles. The van der Waals surface area contributed by atoms with Crippen molar-refractivity contribution in [1.82, 2.24) is 0 Å². The van der Waals surface area contributed by atoms with Crippen LogP contribution in [0.3, 0.4) is 0 Å². The maximum absolute atomic E-state index is 13.1. The molecule has 2 aliphatic rings. The maximum atomic E-state index is 13.1. The molecule has 2 aliphatic heterocycles. The summed E-state index contributed by atoms with van der Waals surface area (Å²) in [5.74, 6) is 0.101. The Kier molecular flexibility index (Phi) is 4.01. The minimum Gasteiger partial charge on any atom is -0.377 e. The SMILES string of the molecule is FC(F)(F)c1ccc2c(c1)[C@@H]1OCCC[C@@H]1[C@@H](c1ccc(Cl)s1)N2. The predicted octanol–water partition coefficient (Wildman–Crippen LogP) is 6.05. The van der Waals surface area contributed by atoms with Crippen LogP contribution < -0.4 is 5.32 Å². The van der Waals surface area contributed by atoms with Crippen molar-refractivity contribution in [1.29, 1.82) is 0 Å². The van der Waals surface area contributed by atoms with E-state index >= 15 is 0 Å². The number of fused-ring (bicyclic) bond motifs is 3. The normalized spacial score (nSPS) is 26.4. The van der Waals surface area contributed by atoms with E-state index in [-0.39, 0.29) is 18.1 Å². The summed E-state index contributed by atoms with van der Waals surface area (Å²) in [6.07, 6.45) is -2.85. The third kappa shape index (κ3) is 2.80. The van der Waals surface area contributed by atoms with Crippen LogP contribution in [-0.2, 0) is 10.9 Å². The summed E-state index contributed by atoms with van der Waals surface area (Å²) in [6, 6.07) is 7.69. The lowest BCUT2D eigenvalue weighted by Crippen LogP contribution is -2.35. The van der Waals surface area contributed by atoms with Crippen LogP contribution in [0.4, 0.5) is 18.9 Å². The van der Waals surface area contributed by atoms with Crippen molar-refractivity contribution < 1.29 is 17.9 Å². The molecule has 1 saturated heterocycles. The molecule has 0 amide bonds. The van der Waals surface area contributed by atoms with E-state index in [0.717, 1.165) is 23.8 Å². The van der Waals surface area contributed by atoms with Crippen LogP contribution in [0.15, 0.2) is 30.3 Å². The first-order valence-electron chi connectivity index (χ1n) is 7.78. The van der Waals surface area contributed by atoms with Gasteiger partial charge in [-0.2, -0.15) is 13.2 Å². The van der Waals surface area contributed by atoms with Crippen LogP contribution in [0.25, 0.3) is 0 Å². The monoisotopic (exact) mass is 373 g/mol. The fraction of sp³-hybridized carbons (Fsp3) is 0.412. The predicted molar refractivity (Wildman–Crippen MR) is 88.6 cm³/mol. The lowest BCUT2D eigenvalue weighted by Gasteiger charge is -2.43. The lowest BCUT2D eigenvalue weighted by molar-refractivity contribution is -0.137. The summed E-state index contributed by atoms with van der Waals surface area (Å²) >= 11 is 7.56. The van der Waals surface area contributed by atoms with Gasteiger partial charge in [-0.25, -0.2) is 0 Å². The number of alkyl halides is 3. The van der Waals surface area contributed by atoms with E-state index in [9.17, 15) is 13.2 Å². The Balaban J connectivity index is 1.77. The number of rotatable bonds is 1. The number of thiophene rings is 1. The van der Waals surface area contributed by atoms with E-state index < -0.39 is 11.7 Å². The zero-order chi connectivity index (χ0) is 16.9. The fourth-order valence-electron chi connectivity index (χ4n) is 3.62. The van der Waals surface area contributed by atoms with Crippen molar-refractivity contribution in [2.45, 2.75) is 31.2 Å². The fourth-order valence-corrected chi connectivity index (χ4v) is 4.81. The van der Waals surface area contributed by atoms with Gasteiger partial charge in [-0.05, 0) is 43.2 Å². The number of hydrogen-bond donors (Lipinski definition) is 1. The number of ether oxygens (including phenoxy) is 1. The molecule has 128 valence electrons. The van der Waals surface area contributed by atoms with E-state index in [1.54, 1.807) is 0 Å². The van der Waals surface area contributed by atoms with Crippen molar-refractivity contribution in [3.8, 4) is 0 Å². The number of halogens is 4. The van der Waals surface area contributed by atoms with Crippen molar-refractivity contribution in [3.05, 3.63) is 50.7 Å². The second-order valence-electron chi connectivity index (χ2n) is 6.16. The molecular weight excluding hydrogens is 359 g/mol. The minimum absolute atomic E-state index is 0.0111. The summed E-state index contributed by atoms with van der Waals surface area (Å²) in [7, 11) is 0. The Hall–Kier alpha value is -1.24. The lowest BCUT2D eigenvalue weighted by atomic mass is 9.79. The van der Waals surface area contributed by atoms with E-state index in [4.69, 9.17) is 16.3 Å². The number of hydrogen-bond acceptors (Lipinski definition) is 3. The molecule has 24 heavy (non-hydrogen) atoms. The third-order valence-corrected chi connectivity index (χ3v) is 6.01. The Bertz CT molecular complexity index is 761. The molecule has 2 aromatic rings. The van der Waals surface area contributed by atoms with Crippen LogP contribution in [0.2, 0.25) is 4.34 Å². The highest BCUT2D eigenvalue weighted by molar-refractivity contribution is 7.16. The van der Waals surface area contributed by atoms with Crippen molar-refractivity contribution >= 4 is 28.6 Å². The molecule has 1 N–H and O–H groups in total. The average molecular weight is 374 g/mol. The number of benzene rings is 1. The molecule has 1 aromatic carbocycles. The molecule has 0 saturated carbocycles. The molecule has 1 fully saturated rings. The van der Waals surface area contributed by atoms with Gasteiger partial charge >= 0.3 is 6.18 Å². The molecule has 0 unspecified atom stereocenters. The first kappa shape index (κ1) is 16.2. The van der Waals surface area contributed by atoms with E-state index in [0.29, 0.717) is 22.2 Å². The standard InChI is InChI=1S/C17H15ClF3NOS/c18-14-6-5-13(24-14)15-10-2-1-7-23-16(10)11-8-9(17(19,20)21)3-4-12(11)22-15/h3-6,8,10,15-16,22H,1-2,7H2/t10-,15+,16-/m1/s1. The molecule has 0 spiro atoms. The zero-order valence-corrected chi connectivity index (χ0v) is 14.1. The number of nitrogens with one attached hydrogen (secondary N) is 1. The molecule has 0 aliphatic carbocycles. The summed E-state index contributed by atoms with van der Waals surface area (Å²) in [4.78, 5) is 1.09. The second kappa shape index (κ2) is 5.93. The summed E-state index contributed by atoms with van der Waals surface area (Å²) in [5, 5.41) is 3.41. The van der Waals surface area contributed by atoms with Gasteiger partial charge in [0.05, 0.1) is 22.0 Å². The molecule has 3 heterocycles. The van der Waals surface area contributed by atoms with Gasteiger partial charge in [0.15, 0.2) is 0 Å². The summed E-state index contributed by atoms with van der Waals surface area (Å²) < 4.78 is 45.8. The first-order valence-corrected chi connectivity index (χ1v) is 8.97. The number of anilines is 1. The molecular formula is C17H15ClF3NOS. The van der Waals surface area contributed by atoms with E-state index in [1.807, 2.05) is 12.1 Å². The Labute approximate surface area is 146 Å². The van der Waals surface area contributed by atoms with Gasteiger partial charge in [0, 0.05) is 28.7 Å². The van der Waals surface area contributed by atoms with Crippen LogP contribution >= 0.6 is 22.9 Å². The largest absolute Gasteiger partial charge is 0.416 e. The molecule has 0 radical (unpaired) electrons. The molecule has 2 nitrogen and oxygen atoms in total. The Morgan fingerprint density at radius 3 is 2.75 bits per heavy atom. The van der Waals surface area contributed by atoms with Crippen LogP contribution in [0.1, 0.15) is 41.0 Å².